The lowest BCUT2D eigenvalue weighted by Gasteiger charge is -2.44. The van der Waals surface area contributed by atoms with Gasteiger partial charge >= 0.3 is 0 Å². The molecular formula is C14H28N2. The molecule has 0 radical (unpaired) electrons. The van der Waals surface area contributed by atoms with Crippen LogP contribution in [0.15, 0.2) is 0 Å². The van der Waals surface area contributed by atoms with Crippen LogP contribution in [0.1, 0.15) is 46.5 Å². The Morgan fingerprint density at radius 1 is 1.06 bits per heavy atom. The SMILES string of the molecule is CC1(C)CCCN(CC2(C)CCNCC2)C1. The van der Waals surface area contributed by atoms with Gasteiger partial charge in [-0.05, 0) is 56.1 Å². The van der Waals surface area contributed by atoms with Crippen molar-refractivity contribution in [2.45, 2.75) is 46.5 Å². The van der Waals surface area contributed by atoms with Gasteiger partial charge in [-0.1, -0.05) is 20.8 Å². The molecule has 0 amide bonds. The Morgan fingerprint density at radius 2 is 1.75 bits per heavy atom. The molecule has 2 heterocycles. The molecule has 0 aromatic rings. The Kier molecular flexibility index (Phi) is 3.60. The number of nitrogens with zero attached hydrogens (tertiary/aromatic N) is 1. The van der Waals surface area contributed by atoms with Crippen LogP contribution < -0.4 is 5.32 Å². The molecule has 0 aliphatic carbocycles. The summed E-state index contributed by atoms with van der Waals surface area (Å²) < 4.78 is 0. The molecule has 1 N–H and O–H groups in total. The Hall–Kier alpha value is -0.0800. The van der Waals surface area contributed by atoms with Crippen LogP contribution >= 0.6 is 0 Å². The lowest BCUT2D eigenvalue weighted by Crippen LogP contribution is -2.48. The third-order valence-corrected chi connectivity index (χ3v) is 4.40. The van der Waals surface area contributed by atoms with Gasteiger partial charge in [0.1, 0.15) is 0 Å². The Morgan fingerprint density at radius 3 is 2.38 bits per heavy atom. The van der Waals surface area contributed by atoms with Crippen molar-refractivity contribution in [3.63, 3.8) is 0 Å². The third-order valence-electron chi connectivity index (χ3n) is 4.40. The molecule has 0 aromatic carbocycles. The first-order valence-corrected chi connectivity index (χ1v) is 6.92. The molecule has 0 bridgehead atoms. The van der Waals surface area contributed by atoms with E-state index in [1.54, 1.807) is 0 Å². The molecule has 0 unspecified atom stereocenters. The van der Waals surface area contributed by atoms with Crippen molar-refractivity contribution in [2.75, 3.05) is 32.7 Å². The fourth-order valence-electron chi connectivity index (χ4n) is 3.41. The summed E-state index contributed by atoms with van der Waals surface area (Å²) in [5, 5.41) is 3.47. The van der Waals surface area contributed by atoms with Gasteiger partial charge in [-0.3, -0.25) is 0 Å². The first-order chi connectivity index (χ1) is 7.49. The largest absolute Gasteiger partial charge is 0.317 e. The van der Waals surface area contributed by atoms with Crippen molar-refractivity contribution in [1.29, 1.82) is 0 Å². The molecular weight excluding hydrogens is 196 g/mol. The zero-order chi connectivity index (χ0) is 11.6. The first-order valence-electron chi connectivity index (χ1n) is 6.92. The fourth-order valence-corrected chi connectivity index (χ4v) is 3.41. The van der Waals surface area contributed by atoms with Gasteiger partial charge in [0, 0.05) is 13.1 Å². The number of nitrogens with one attached hydrogen (secondary N) is 1. The summed E-state index contributed by atoms with van der Waals surface area (Å²) in [5.41, 5.74) is 1.11. The predicted octanol–water partition coefficient (Wildman–Crippen LogP) is 2.50. The Balaban J connectivity index is 1.88. The van der Waals surface area contributed by atoms with Crippen LogP contribution in [0.4, 0.5) is 0 Å². The van der Waals surface area contributed by atoms with Crippen LogP contribution in [0.25, 0.3) is 0 Å². The zero-order valence-corrected chi connectivity index (χ0v) is 11.3. The maximum atomic E-state index is 3.47. The molecule has 2 nitrogen and oxygen atoms in total. The van der Waals surface area contributed by atoms with E-state index >= 15 is 0 Å². The van der Waals surface area contributed by atoms with Crippen LogP contribution in [0.3, 0.4) is 0 Å². The molecule has 0 atom stereocenters. The summed E-state index contributed by atoms with van der Waals surface area (Å²) in [5.74, 6) is 0. The van der Waals surface area contributed by atoms with Gasteiger partial charge in [-0.2, -0.15) is 0 Å². The van der Waals surface area contributed by atoms with Crippen molar-refractivity contribution in [3.8, 4) is 0 Å². The maximum absolute atomic E-state index is 3.47. The van der Waals surface area contributed by atoms with Crippen LogP contribution in [-0.2, 0) is 0 Å². The van der Waals surface area contributed by atoms with Gasteiger partial charge in [0.15, 0.2) is 0 Å². The van der Waals surface area contributed by atoms with Crippen molar-refractivity contribution < 1.29 is 0 Å². The topological polar surface area (TPSA) is 15.3 Å². The molecule has 2 fully saturated rings. The maximum Gasteiger partial charge on any atom is 0.00365 e. The first kappa shape index (κ1) is 12.4. The molecule has 94 valence electrons. The molecule has 2 aliphatic rings. The van der Waals surface area contributed by atoms with Gasteiger partial charge in [-0.25, -0.2) is 0 Å². The predicted molar refractivity (Wildman–Crippen MR) is 69.7 cm³/mol. The highest BCUT2D eigenvalue weighted by Gasteiger charge is 2.33. The lowest BCUT2D eigenvalue weighted by atomic mass is 9.78. The summed E-state index contributed by atoms with van der Waals surface area (Å²) in [6.45, 7) is 13.7. The minimum absolute atomic E-state index is 0.543. The van der Waals surface area contributed by atoms with E-state index < -0.39 is 0 Å². The van der Waals surface area contributed by atoms with Crippen molar-refractivity contribution >= 4 is 0 Å². The van der Waals surface area contributed by atoms with Gasteiger partial charge in [0.05, 0.1) is 0 Å². The molecule has 2 heteroatoms. The lowest BCUT2D eigenvalue weighted by molar-refractivity contribution is 0.0615. The average Bonchev–Trinajstić information content (AvgIpc) is 2.16. The van der Waals surface area contributed by atoms with Gasteiger partial charge in [0.25, 0.3) is 0 Å². The van der Waals surface area contributed by atoms with E-state index in [0.29, 0.717) is 10.8 Å². The highest BCUT2D eigenvalue weighted by atomic mass is 15.1. The van der Waals surface area contributed by atoms with E-state index in [4.69, 9.17) is 0 Å². The van der Waals surface area contributed by atoms with Crippen molar-refractivity contribution in [3.05, 3.63) is 0 Å². The molecule has 2 aliphatic heterocycles. The van der Waals surface area contributed by atoms with Gasteiger partial charge in [-0.15, -0.1) is 0 Å². The second-order valence-corrected chi connectivity index (χ2v) is 7.04. The van der Waals surface area contributed by atoms with Crippen LogP contribution in [0.5, 0.6) is 0 Å². The van der Waals surface area contributed by atoms with Crippen molar-refractivity contribution in [1.82, 2.24) is 10.2 Å². The summed E-state index contributed by atoms with van der Waals surface area (Å²) >= 11 is 0. The van der Waals surface area contributed by atoms with E-state index in [1.165, 1.54) is 58.4 Å². The van der Waals surface area contributed by atoms with E-state index in [0.717, 1.165) is 0 Å². The summed E-state index contributed by atoms with van der Waals surface area (Å²) in [6, 6.07) is 0. The van der Waals surface area contributed by atoms with E-state index in [2.05, 4.69) is 31.0 Å². The van der Waals surface area contributed by atoms with Crippen LogP contribution in [0, 0.1) is 10.8 Å². The Bertz CT molecular complexity index is 229. The standard InChI is InChI=1S/C14H28N2/c1-13(2)5-4-10-16(11-13)12-14(3)6-8-15-9-7-14/h15H,4-12H2,1-3H3. The number of hydrogen-bond acceptors (Lipinski definition) is 2. The molecule has 16 heavy (non-hydrogen) atoms. The summed E-state index contributed by atoms with van der Waals surface area (Å²) in [6.07, 6.45) is 5.50. The number of likely N-dealkylation sites (tertiary alicyclic amines) is 1. The highest BCUT2D eigenvalue weighted by molar-refractivity contribution is 4.87. The monoisotopic (exact) mass is 224 g/mol. The minimum Gasteiger partial charge on any atom is -0.317 e. The Labute approximate surface area is 101 Å². The van der Waals surface area contributed by atoms with Gasteiger partial charge < -0.3 is 10.2 Å². The average molecular weight is 224 g/mol. The number of piperidine rings is 2. The summed E-state index contributed by atoms with van der Waals surface area (Å²) in [4.78, 5) is 2.72. The molecule has 0 spiro atoms. The second kappa shape index (κ2) is 4.66. The smallest absolute Gasteiger partial charge is 0.00365 e. The van der Waals surface area contributed by atoms with Crippen LogP contribution in [0.2, 0.25) is 0 Å². The van der Waals surface area contributed by atoms with Gasteiger partial charge in [0.2, 0.25) is 0 Å². The fraction of sp³-hybridized carbons (Fsp3) is 1.00. The minimum atomic E-state index is 0.543. The highest BCUT2D eigenvalue weighted by Crippen LogP contribution is 2.33. The van der Waals surface area contributed by atoms with E-state index in [1.807, 2.05) is 0 Å². The zero-order valence-electron chi connectivity index (χ0n) is 11.3. The number of rotatable bonds is 2. The van der Waals surface area contributed by atoms with E-state index in [9.17, 15) is 0 Å². The molecule has 0 aromatic heterocycles. The second-order valence-electron chi connectivity index (χ2n) is 7.04. The normalized spacial score (nSPS) is 30.2. The molecule has 0 saturated carbocycles. The van der Waals surface area contributed by atoms with Crippen molar-refractivity contribution in [2.24, 2.45) is 10.8 Å². The number of hydrogen-bond donors (Lipinski definition) is 1. The van der Waals surface area contributed by atoms with Crippen LogP contribution in [-0.4, -0.2) is 37.6 Å². The summed E-state index contributed by atoms with van der Waals surface area (Å²) in [7, 11) is 0. The quantitative estimate of drug-likeness (QED) is 0.775. The van der Waals surface area contributed by atoms with E-state index in [-0.39, 0.29) is 0 Å². The molecule has 2 rings (SSSR count). The molecule has 2 saturated heterocycles. The third kappa shape index (κ3) is 3.21.